The summed E-state index contributed by atoms with van der Waals surface area (Å²) < 4.78 is 5.23. The SMILES string of the molecule is COc1ccc(C2N3CCNC(=O)C3=NC2(C(C)=O)C(C)C)cc1. The summed E-state index contributed by atoms with van der Waals surface area (Å²) in [6.07, 6.45) is 0. The average molecular weight is 329 g/mol. The van der Waals surface area contributed by atoms with Crippen LogP contribution in [0, 0.1) is 5.92 Å². The second-order valence-electron chi connectivity index (χ2n) is 6.60. The molecule has 3 rings (SSSR count). The molecular formula is C18H23N3O3. The normalized spacial score (nSPS) is 26.0. The van der Waals surface area contributed by atoms with E-state index in [1.165, 1.54) is 0 Å². The maximum atomic E-state index is 12.7. The summed E-state index contributed by atoms with van der Waals surface area (Å²) >= 11 is 0. The zero-order chi connectivity index (χ0) is 17.5. The van der Waals surface area contributed by atoms with Crippen LogP contribution >= 0.6 is 0 Å². The van der Waals surface area contributed by atoms with Gasteiger partial charge in [-0.05, 0) is 30.5 Å². The van der Waals surface area contributed by atoms with Gasteiger partial charge in [0.15, 0.2) is 11.6 Å². The van der Waals surface area contributed by atoms with Crippen molar-refractivity contribution in [2.75, 3.05) is 20.2 Å². The fourth-order valence-electron chi connectivity index (χ4n) is 3.79. The molecule has 2 aliphatic rings. The summed E-state index contributed by atoms with van der Waals surface area (Å²) in [5, 5.41) is 2.82. The van der Waals surface area contributed by atoms with Crippen LogP contribution in [0.15, 0.2) is 29.3 Å². The molecule has 0 aromatic heterocycles. The lowest BCUT2D eigenvalue weighted by Gasteiger charge is -2.39. The Kier molecular flexibility index (Phi) is 4.07. The van der Waals surface area contributed by atoms with Crippen molar-refractivity contribution < 1.29 is 14.3 Å². The number of rotatable bonds is 4. The number of benzene rings is 1. The van der Waals surface area contributed by atoms with Crippen LogP contribution in [0.5, 0.6) is 5.75 Å². The number of piperazine rings is 1. The number of methoxy groups -OCH3 is 1. The molecule has 0 bridgehead atoms. The maximum Gasteiger partial charge on any atom is 0.286 e. The Morgan fingerprint density at radius 3 is 2.58 bits per heavy atom. The third-order valence-electron chi connectivity index (χ3n) is 5.01. The fourth-order valence-corrected chi connectivity index (χ4v) is 3.79. The summed E-state index contributed by atoms with van der Waals surface area (Å²) in [6, 6.07) is 7.38. The molecule has 24 heavy (non-hydrogen) atoms. The van der Waals surface area contributed by atoms with E-state index in [4.69, 9.17) is 4.74 Å². The molecule has 128 valence electrons. The van der Waals surface area contributed by atoms with Crippen LogP contribution in [0.1, 0.15) is 32.4 Å². The van der Waals surface area contributed by atoms with E-state index in [9.17, 15) is 9.59 Å². The molecule has 2 unspecified atom stereocenters. The first-order valence-electron chi connectivity index (χ1n) is 8.21. The lowest BCUT2D eigenvalue weighted by molar-refractivity contribution is -0.125. The summed E-state index contributed by atoms with van der Waals surface area (Å²) in [4.78, 5) is 31.6. The molecule has 2 heterocycles. The largest absolute Gasteiger partial charge is 0.497 e. The Labute approximate surface area is 141 Å². The van der Waals surface area contributed by atoms with E-state index in [0.29, 0.717) is 18.9 Å². The number of carbonyl (C=O) groups excluding carboxylic acids is 2. The highest BCUT2D eigenvalue weighted by atomic mass is 16.5. The number of aliphatic imine (C=N–C) groups is 1. The molecule has 2 aliphatic heterocycles. The first-order valence-corrected chi connectivity index (χ1v) is 8.21. The van der Waals surface area contributed by atoms with E-state index in [0.717, 1.165) is 11.3 Å². The molecule has 0 radical (unpaired) electrons. The maximum absolute atomic E-state index is 12.7. The van der Waals surface area contributed by atoms with Gasteiger partial charge >= 0.3 is 0 Å². The molecule has 0 saturated carbocycles. The highest BCUT2D eigenvalue weighted by Crippen LogP contribution is 2.46. The van der Waals surface area contributed by atoms with Gasteiger partial charge < -0.3 is 15.0 Å². The number of carbonyl (C=O) groups is 2. The Morgan fingerprint density at radius 1 is 1.38 bits per heavy atom. The van der Waals surface area contributed by atoms with Crippen molar-refractivity contribution in [2.24, 2.45) is 10.9 Å². The van der Waals surface area contributed by atoms with Crippen molar-refractivity contribution in [1.82, 2.24) is 10.2 Å². The number of amides is 1. The van der Waals surface area contributed by atoms with Gasteiger partial charge in [-0.15, -0.1) is 0 Å². The number of fused-ring (bicyclic) bond motifs is 1. The molecule has 1 aromatic rings. The van der Waals surface area contributed by atoms with Gasteiger partial charge in [0.25, 0.3) is 5.91 Å². The number of Topliss-reactive ketones (excluding diaryl/α,β-unsaturated/α-hetero) is 1. The van der Waals surface area contributed by atoms with Crippen LogP contribution in [0.25, 0.3) is 0 Å². The van der Waals surface area contributed by atoms with Gasteiger partial charge in [-0.25, -0.2) is 4.99 Å². The molecule has 6 nitrogen and oxygen atoms in total. The molecule has 0 spiro atoms. The molecule has 6 heteroatoms. The summed E-state index contributed by atoms with van der Waals surface area (Å²) in [6.45, 7) is 6.73. The van der Waals surface area contributed by atoms with E-state index in [1.807, 2.05) is 43.0 Å². The van der Waals surface area contributed by atoms with Crippen molar-refractivity contribution in [3.8, 4) is 5.75 Å². The van der Waals surface area contributed by atoms with Crippen LogP contribution in [-0.2, 0) is 9.59 Å². The summed E-state index contributed by atoms with van der Waals surface area (Å²) in [5.41, 5.74) is 0.0131. The van der Waals surface area contributed by atoms with Crippen LogP contribution in [0.2, 0.25) is 0 Å². The Balaban J connectivity index is 2.15. The monoisotopic (exact) mass is 329 g/mol. The third-order valence-corrected chi connectivity index (χ3v) is 5.01. The van der Waals surface area contributed by atoms with Gasteiger partial charge in [0.1, 0.15) is 11.3 Å². The Bertz CT molecular complexity index is 696. The lowest BCUT2D eigenvalue weighted by atomic mass is 9.74. The second kappa shape index (κ2) is 5.92. The van der Waals surface area contributed by atoms with E-state index in [-0.39, 0.29) is 23.7 Å². The smallest absolute Gasteiger partial charge is 0.286 e. The molecular weight excluding hydrogens is 306 g/mol. The molecule has 1 aromatic carbocycles. The van der Waals surface area contributed by atoms with Gasteiger partial charge in [-0.1, -0.05) is 26.0 Å². The van der Waals surface area contributed by atoms with E-state index in [1.54, 1.807) is 14.0 Å². The van der Waals surface area contributed by atoms with Crippen molar-refractivity contribution >= 4 is 17.5 Å². The van der Waals surface area contributed by atoms with Gasteiger partial charge in [0.05, 0.1) is 13.2 Å². The molecule has 2 atom stereocenters. The van der Waals surface area contributed by atoms with Crippen molar-refractivity contribution in [2.45, 2.75) is 32.4 Å². The van der Waals surface area contributed by atoms with Gasteiger partial charge in [0.2, 0.25) is 0 Å². The van der Waals surface area contributed by atoms with Crippen LogP contribution < -0.4 is 10.1 Å². The molecule has 1 N–H and O–H groups in total. The Morgan fingerprint density at radius 2 is 2.04 bits per heavy atom. The summed E-state index contributed by atoms with van der Waals surface area (Å²) in [5.74, 6) is 0.864. The number of nitrogens with one attached hydrogen (secondary N) is 1. The van der Waals surface area contributed by atoms with Crippen LogP contribution in [0.3, 0.4) is 0 Å². The van der Waals surface area contributed by atoms with Gasteiger partial charge in [-0.2, -0.15) is 0 Å². The van der Waals surface area contributed by atoms with E-state index in [2.05, 4.69) is 10.3 Å². The molecule has 1 saturated heterocycles. The number of nitrogens with zero attached hydrogens (tertiary/aromatic N) is 2. The van der Waals surface area contributed by atoms with Crippen molar-refractivity contribution in [3.05, 3.63) is 29.8 Å². The number of ether oxygens (including phenoxy) is 1. The molecule has 0 aliphatic carbocycles. The standard InChI is InChI=1S/C18H23N3O3/c1-11(2)18(12(3)22)15(13-5-7-14(24-4)8-6-13)21-10-9-19-17(23)16(21)20-18/h5-8,11,15H,9-10H2,1-4H3,(H,19,23). The van der Waals surface area contributed by atoms with Crippen molar-refractivity contribution in [1.29, 1.82) is 0 Å². The zero-order valence-electron chi connectivity index (χ0n) is 14.5. The van der Waals surface area contributed by atoms with E-state index < -0.39 is 5.54 Å². The number of ketones is 1. The summed E-state index contributed by atoms with van der Waals surface area (Å²) in [7, 11) is 1.62. The van der Waals surface area contributed by atoms with Crippen LogP contribution in [-0.4, -0.2) is 48.2 Å². The van der Waals surface area contributed by atoms with Gasteiger partial charge in [0, 0.05) is 13.1 Å². The first-order chi connectivity index (χ1) is 11.4. The third kappa shape index (κ3) is 2.28. The topological polar surface area (TPSA) is 71.0 Å². The minimum Gasteiger partial charge on any atom is -0.497 e. The molecule has 1 fully saturated rings. The highest BCUT2D eigenvalue weighted by Gasteiger charge is 2.56. The minimum absolute atomic E-state index is 0.0204. The lowest BCUT2D eigenvalue weighted by Crippen LogP contribution is -2.54. The number of hydrogen-bond donors (Lipinski definition) is 1. The van der Waals surface area contributed by atoms with Crippen molar-refractivity contribution in [3.63, 3.8) is 0 Å². The quantitative estimate of drug-likeness (QED) is 0.910. The predicted octanol–water partition coefficient (Wildman–Crippen LogP) is 1.56. The fraction of sp³-hybridized carbons (Fsp3) is 0.500. The predicted molar refractivity (Wildman–Crippen MR) is 91.1 cm³/mol. The average Bonchev–Trinajstić information content (AvgIpc) is 2.93. The van der Waals surface area contributed by atoms with E-state index >= 15 is 0 Å². The first kappa shape index (κ1) is 16.5. The van der Waals surface area contributed by atoms with Gasteiger partial charge in [-0.3, -0.25) is 9.59 Å². The second-order valence-corrected chi connectivity index (χ2v) is 6.60. The molecule has 1 amide bonds. The highest BCUT2D eigenvalue weighted by molar-refractivity contribution is 6.39. The zero-order valence-corrected chi connectivity index (χ0v) is 14.5. The number of amidine groups is 1. The minimum atomic E-state index is -0.953. The number of hydrogen-bond acceptors (Lipinski definition) is 5. The Hall–Kier alpha value is -2.37. The van der Waals surface area contributed by atoms with Crippen LogP contribution in [0.4, 0.5) is 0 Å².